The van der Waals surface area contributed by atoms with Crippen molar-refractivity contribution in [1.82, 2.24) is 0 Å². The molecule has 4 nitrogen and oxygen atoms in total. The third-order valence-electron chi connectivity index (χ3n) is 3.35. The SMILES string of the molecule is C[C@@H](C(=O)Nc1ccc(Cl)cc1Cl)[NH+](C)Cc1ccco1. The summed E-state index contributed by atoms with van der Waals surface area (Å²) in [7, 11) is 1.94. The van der Waals surface area contributed by atoms with Gasteiger partial charge in [-0.2, -0.15) is 0 Å². The third kappa shape index (κ3) is 4.24. The fourth-order valence-electron chi connectivity index (χ4n) is 1.90. The molecule has 6 heteroatoms. The Morgan fingerprint density at radius 3 is 2.76 bits per heavy atom. The minimum atomic E-state index is -0.248. The molecule has 2 rings (SSSR count). The van der Waals surface area contributed by atoms with Gasteiger partial charge in [0.1, 0.15) is 6.54 Å². The number of amides is 1. The zero-order chi connectivity index (χ0) is 15.4. The lowest BCUT2D eigenvalue weighted by molar-refractivity contribution is -0.908. The quantitative estimate of drug-likeness (QED) is 0.886. The predicted octanol–water partition coefficient (Wildman–Crippen LogP) is 2.63. The molecule has 2 aromatic rings. The second kappa shape index (κ2) is 6.98. The number of likely N-dealkylation sites (N-methyl/N-ethyl adjacent to an activating group) is 1. The van der Waals surface area contributed by atoms with E-state index in [4.69, 9.17) is 27.6 Å². The maximum Gasteiger partial charge on any atom is 0.282 e. The number of carbonyl (C=O) groups is 1. The van der Waals surface area contributed by atoms with E-state index in [2.05, 4.69) is 5.32 Å². The van der Waals surface area contributed by atoms with Gasteiger partial charge >= 0.3 is 0 Å². The van der Waals surface area contributed by atoms with Crippen molar-refractivity contribution in [1.29, 1.82) is 0 Å². The van der Waals surface area contributed by atoms with Crippen molar-refractivity contribution in [2.45, 2.75) is 19.5 Å². The summed E-state index contributed by atoms with van der Waals surface area (Å²) in [5, 5.41) is 3.77. The van der Waals surface area contributed by atoms with Gasteiger partial charge in [-0.05, 0) is 37.3 Å². The van der Waals surface area contributed by atoms with E-state index in [1.165, 1.54) is 0 Å². The van der Waals surface area contributed by atoms with E-state index in [9.17, 15) is 4.79 Å². The normalized spacial score (nSPS) is 13.7. The van der Waals surface area contributed by atoms with Crippen molar-refractivity contribution in [2.75, 3.05) is 12.4 Å². The first-order chi connectivity index (χ1) is 9.97. The molecular weight excluding hydrogens is 311 g/mol. The van der Waals surface area contributed by atoms with Crippen LogP contribution in [0.3, 0.4) is 0 Å². The molecule has 2 atom stereocenters. The Hall–Kier alpha value is -1.49. The smallest absolute Gasteiger partial charge is 0.282 e. The largest absolute Gasteiger partial charge is 0.463 e. The van der Waals surface area contributed by atoms with Crippen LogP contribution < -0.4 is 10.2 Å². The average Bonchev–Trinajstić information content (AvgIpc) is 2.93. The maximum absolute atomic E-state index is 12.3. The number of rotatable bonds is 5. The van der Waals surface area contributed by atoms with E-state index in [1.807, 2.05) is 26.1 Å². The Morgan fingerprint density at radius 1 is 1.38 bits per heavy atom. The maximum atomic E-state index is 12.3. The van der Waals surface area contributed by atoms with Crippen molar-refractivity contribution in [3.63, 3.8) is 0 Å². The summed E-state index contributed by atoms with van der Waals surface area (Å²) in [5.41, 5.74) is 0.559. The fraction of sp³-hybridized carbons (Fsp3) is 0.267. The first-order valence-corrected chi connectivity index (χ1v) is 7.33. The van der Waals surface area contributed by atoms with Crippen molar-refractivity contribution in [3.8, 4) is 0 Å². The molecule has 0 aliphatic rings. The molecule has 1 aromatic heterocycles. The molecule has 21 heavy (non-hydrogen) atoms. The number of hydrogen-bond donors (Lipinski definition) is 2. The van der Waals surface area contributed by atoms with Crippen LogP contribution >= 0.6 is 23.2 Å². The van der Waals surface area contributed by atoms with Gasteiger partial charge in [-0.3, -0.25) is 4.79 Å². The van der Waals surface area contributed by atoms with E-state index >= 15 is 0 Å². The Labute approximate surface area is 133 Å². The number of hydrogen-bond acceptors (Lipinski definition) is 2. The zero-order valence-corrected chi connectivity index (χ0v) is 13.3. The molecule has 0 saturated carbocycles. The molecule has 1 aromatic carbocycles. The number of nitrogens with one attached hydrogen (secondary N) is 2. The lowest BCUT2D eigenvalue weighted by atomic mass is 10.2. The molecule has 0 aliphatic carbocycles. The van der Waals surface area contributed by atoms with Crippen LogP contribution in [-0.2, 0) is 11.3 Å². The third-order valence-corrected chi connectivity index (χ3v) is 3.90. The van der Waals surface area contributed by atoms with Crippen LogP contribution in [0.4, 0.5) is 5.69 Å². The van der Waals surface area contributed by atoms with E-state index in [-0.39, 0.29) is 11.9 Å². The lowest BCUT2D eigenvalue weighted by Gasteiger charge is -2.20. The Bertz CT molecular complexity index is 614. The first kappa shape index (κ1) is 15.9. The van der Waals surface area contributed by atoms with Crippen LogP contribution in [0.15, 0.2) is 41.0 Å². The Kier molecular flexibility index (Phi) is 5.28. The van der Waals surface area contributed by atoms with E-state index in [0.717, 1.165) is 10.7 Å². The summed E-state index contributed by atoms with van der Waals surface area (Å²) in [6, 6.07) is 8.46. The van der Waals surface area contributed by atoms with Crippen molar-refractivity contribution in [3.05, 3.63) is 52.4 Å². The first-order valence-electron chi connectivity index (χ1n) is 6.58. The van der Waals surface area contributed by atoms with E-state index in [1.54, 1.807) is 24.5 Å². The molecule has 112 valence electrons. The lowest BCUT2D eigenvalue weighted by Crippen LogP contribution is -3.12. The van der Waals surface area contributed by atoms with Crippen molar-refractivity contribution in [2.24, 2.45) is 0 Å². The average molecular weight is 328 g/mol. The highest BCUT2D eigenvalue weighted by atomic mass is 35.5. The minimum Gasteiger partial charge on any atom is -0.463 e. The number of quaternary nitrogens is 1. The van der Waals surface area contributed by atoms with Gasteiger partial charge in [0.25, 0.3) is 5.91 Å². The number of anilines is 1. The highest BCUT2D eigenvalue weighted by Crippen LogP contribution is 2.25. The second-order valence-electron chi connectivity index (χ2n) is 4.94. The van der Waals surface area contributed by atoms with Gasteiger partial charge in [-0.15, -0.1) is 0 Å². The molecule has 0 fully saturated rings. The van der Waals surface area contributed by atoms with Crippen molar-refractivity contribution >= 4 is 34.8 Å². The molecule has 1 unspecified atom stereocenters. The number of carbonyl (C=O) groups excluding carboxylic acids is 1. The molecule has 0 aliphatic heterocycles. The molecule has 0 spiro atoms. The molecule has 0 bridgehead atoms. The van der Waals surface area contributed by atoms with E-state index < -0.39 is 0 Å². The van der Waals surface area contributed by atoms with Crippen LogP contribution in [0.2, 0.25) is 10.0 Å². The molecule has 0 radical (unpaired) electrons. The molecule has 1 heterocycles. The topological polar surface area (TPSA) is 46.7 Å². The number of halogens is 2. The number of benzene rings is 1. The summed E-state index contributed by atoms with van der Waals surface area (Å²) in [6.45, 7) is 2.49. The predicted molar refractivity (Wildman–Crippen MR) is 83.9 cm³/mol. The van der Waals surface area contributed by atoms with Gasteiger partial charge in [-0.1, -0.05) is 23.2 Å². The zero-order valence-electron chi connectivity index (χ0n) is 11.8. The van der Waals surface area contributed by atoms with Crippen LogP contribution in [0.25, 0.3) is 0 Å². The monoisotopic (exact) mass is 327 g/mol. The molecule has 0 saturated heterocycles. The fourth-order valence-corrected chi connectivity index (χ4v) is 2.35. The van der Waals surface area contributed by atoms with Gasteiger partial charge in [-0.25, -0.2) is 0 Å². The van der Waals surface area contributed by atoms with Gasteiger partial charge in [0.15, 0.2) is 11.8 Å². The van der Waals surface area contributed by atoms with Gasteiger partial charge < -0.3 is 14.6 Å². The highest BCUT2D eigenvalue weighted by molar-refractivity contribution is 6.36. The summed E-state index contributed by atoms with van der Waals surface area (Å²) in [6.07, 6.45) is 1.63. The second-order valence-corrected chi connectivity index (χ2v) is 5.78. The Morgan fingerprint density at radius 2 is 2.14 bits per heavy atom. The summed E-state index contributed by atoms with van der Waals surface area (Å²) < 4.78 is 5.30. The molecule has 1 amide bonds. The molecule has 2 N–H and O–H groups in total. The van der Waals surface area contributed by atoms with Crippen LogP contribution in [0.5, 0.6) is 0 Å². The van der Waals surface area contributed by atoms with Gasteiger partial charge in [0, 0.05) is 5.02 Å². The summed E-state index contributed by atoms with van der Waals surface area (Å²) >= 11 is 11.9. The summed E-state index contributed by atoms with van der Waals surface area (Å²) in [4.78, 5) is 13.3. The van der Waals surface area contributed by atoms with E-state index in [0.29, 0.717) is 22.3 Å². The van der Waals surface area contributed by atoms with Gasteiger partial charge in [0.05, 0.1) is 24.0 Å². The Balaban J connectivity index is 1.98. The van der Waals surface area contributed by atoms with Crippen molar-refractivity contribution < 1.29 is 14.1 Å². The standard InChI is InChI=1S/C15H16Cl2N2O2/c1-10(19(2)9-12-4-3-7-21-12)15(20)18-14-6-5-11(16)8-13(14)17/h3-8,10H,9H2,1-2H3,(H,18,20)/p+1/t10-/m0/s1. The van der Waals surface area contributed by atoms with Crippen LogP contribution in [0, 0.1) is 0 Å². The number of furan rings is 1. The van der Waals surface area contributed by atoms with Crippen LogP contribution in [-0.4, -0.2) is 19.0 Å². The van der Waals surface area contributed by atoms with Crippen LogP contribution in [0.1, 0.15) is 12.7 Å². The highest BCUT2D eigenvalue weighted by Gasteiger charge is 2.23. The molecular formula is C15H17Cl2N2O2+. The van der Waals surface area contributed by atoms with Gasteiger partial charge in [0.2, 0.25) is 0 Å². The minimum absolute atomic E-state index is 0.108. The summed E-state index contributed by atoms with van der Waals surface area (Å²) in [5.74, 6) is 0.736.